The van der Waals surface area contributed by atoms with Crippen molar-refractivity contribution in [1.29, 1.82) is 0 Å². The lowest BCUT2D eigenvalue weighted by Crippen LogP contribution is -2.37. The van der Waals surface area contributed by atoms with Gasteiger partial charge in [-0.05, 0) is 42.0 Å². The Hall–Kier alpha value is -5.18. The molecule has 0 radical (unpaired) electrons. The quantitative estimate of drug-likeness (QED) is 0.305. The predicted octanol–water partition coefficient (Wildman–Crippen LogP) is 5.42. The highest BCUT2D eigenvalue weighted by molar-refractivity contribution is 6.10. The molecule has 0 fully saturated rings. The van der Waals surface area contributed by atoms with Gasteiger partial charge in [-0.25, -0.2) is 4.79 Å². The normalized spacial score (nSPS) is 19.4. The first-order valence-electron chi connectivity index (χ1n) is 13.0. The van der Waals surface area contributed by atoms with Crippen LogP contribution in [0.1, 0.15) is 17.5 Å². The van der Waals surface area contributed by atoms with Crippen molar-refractivity contribution in [3.05, 3.63) is 102 Å². The monoisotopic (exact) mass is 535 g/mol. The number of anilines is 2. The molecule has 3 amide bonds. The Morgan fingerprint density at radius 2 is 1.65 bits per heavy atom. The summed E-state index contributed by atoms with van der Waals surface area (Å²) in [4.78, 5) is 25.7. The zero-order valence-corrected chi connectivity index (χ0v) is 21.3. The van der Waals surface area contributed by atoms with Crippen LogP contribution in [0.5, 0.6) is 28.7 Å². The first-order valence-corrected chi connectivity index (χ1v) is 13.0. The minimum Gasteiger partial charge on any atom is -0.491 e. The summed E-state index contributed by atoms with van der Waals surface area (Å²) in [6.45, 7) is 0.526. The van der Waals surface area contributed by atoms with Gasteiger partial charge in [-0.1, -0.05) is 48.5 Å². The number of benzene rings is 4. The van der Waals surface area contributed by atoms with Crippen molar-refractivity contribution in [2.45, 2.75) is 18.1 Å². The number of hydrogen-bond acceptors (Lipinski definition) is 6. The molecule has 40 heavy (non-hydrogen) atoms. The van der Waals surface area contributed by atoms with Gasteiger partial charge in [0.25, 0.3) is 0 Å². The van der Waals surface area contributed by atoms with E-state index in [2.05, 4.69) is 16.0 Å². The molecule has 0 saturated heterocycles. The van der Waals surface area contributed by atoms with Crippen LogP contribution in [0.4, 0.5) is 16.2 Å². The second kappa shape index (κ2) is 9.53. The number of hydrogen-bond donors (Lipinski definition) is 3. The van der Waals surface area contributed by atoms with Gasteiger partial charge < -0.3 is 34.9 Å². The topological polar surface area (TPSA) is 107 Å². The molecule has 3 aliphatic heterocycles. The molecule has 4 aromatic rings. The Labute approximate surface area is 230 Å². The summed E-state index contributed by atoms with van der Waals surface area (Å²) in [7, 11) is 0. The van der Waals surface area contributed by atoms with Crippen LogP contribution in [0.25, 0.3) is 0 Å². The summed E-state index contributed by atoms with van der Waals surface area (Å²) in [6.07, 6.45) is -0.184. The summed E-state index contributed by atoms with van der Waals surface area (Å²) in [5, 5.41) is 8.64. The van der Waals surface area contributed by atoms with Crippen LogP contribution in [0.2, 0.25) is 0 Å². The molecule has 3 heterocycles. The number of fused-ring (bicyclic) bond motifs is 5. The highest BCUT2D eigenvalue weighted by Crippen LogP contribution is 2.53. The Morgan fingerprint density at radius 1 is 0.900 bits per heavy atom. The van der Waals surface area contributed by atoms with Crippen LogP contribution in [0, 0.1) is 0 Å². The first kappa shape index (κ1) is 23.9. The van der Waals surface area contributed by atoms with E-state index in [-0.39, 0.29) is 18.5 Å². The Balaban J connectivity index is 0.980. The number of para-hydroxylation sites is 4. The van der Waals surface area contributed by atoms with Gasteiger partial charge >= 0.3 is 6.03 Å². The van der Waals surface area contributed by atoms with Crippen LogP contribution in [0.15, 0.2) is 91.0 Å². The van der Waals surface area contributed by atoms with Gasteiger partial charge in [0.05, 0.1) is 5.69 Å². The van der Waals surface area contributed by atoms with Gasteiger partial charge in [-0.3, -0.25) is 4.79 Å². The number of nitrogens with one attached hydrogen (secondary N) is 3. The van der Waals surface area contributed by atoms with E-state index in [0.717, 1.165) is 16.8 Å². The molecule has 0 aliphatic carbocycles. The largest absolute Gasteiger partial charge is 0.491 e. The van der Waals surface area contributed by atoms with Crippen molar-refractivity contribution >= 4 is 23.3 Å². The molecule has 3 aliphatic rings. The second-order valence-electron chi connectivity index (χ2n) is 9.73. The van der Waals surface area contributed by atoms with Crippen molar-refractivity contribution in [1.82, 2.24) is 5.32 Å². The minimum atomic E-state index is -0.914. The first-order chi connectivity index (χ1) is 19.6. The predicted molar refractivity (Wildman–Crippen MR) is 147 cm³/mol. The van der Waals surface area contributed by atoms with Crippen LogP contribution in [-0.4, -0.2) is 31.4 Å². The molecule has 0 aromatic heterocycles. The molecular weight excluding hydrogens is 510 g/mol. The number of urea groups is 1. The van der Waals surface area contributed by atoms with Gasteiger partial charge in [-0.2, -0.15) is 0 Å². The van der Waals surface area contributed by atoms with Crippen LogP contribution in [0.3, 0.4) is 0 Å². The molecule has 1 spiro atoms. The SMILES string of the molecule is O=C(NCCC1Oc2cc3c(cc2O1)C1(CO3)C(=O)Nc2ccccc21)Nc1ccccc1Oc1ccccc1. The Morgan fingerprint density at radius 3 is 2.52 bits per heavy atom. The maximum Gasteiger partial charge on any atom is 0.319 e. The molecule has 4 aromatic carbocycles. The maximum absolute atomic E-state index is 13.1. The Kier molecular flexibility index (Phi) is 5.70. The van der Waals surface area contributed by atoms with E-state index in [1.165, 1.54) is 0 Å². The van der Waals surface area contributed by atoms with Crippen molar-refractivity contribution in [2.24, 2.45) is 0 Å². The van der Waals surface area contributed by atoms with Gasteiger partial charge in [-0.15, -0.1) is 0 Å². The third-order valence-electron chi connectivity index (χ3n) is 7.26. The number of carbonyl (C=O) groups excluding carboxylic acids is 2. The zero-order valence-electron chi connectivity index (χ0n) is 21.3. The molecule has 7 rings (SSSR count). The van der Waals surface area contributed by atoms with E-state index >= 15 is 0 Å². The summed E-state index contributed by atoms with van der Waals surface area (Å²) >= 11 is 0. The third kappa shape index (κ3) is 4.03. The fraction of sp³-hybridized carbons (Fsp3) is 0.161. The van der Waals surface area contributed by atoms with Crippen LogP contribution >= 0.6 is 0 Å². The summed E-state index contributed by atoms with van der Waals surface area (Å²) in [5.41, 5.74) is 2.07. The van der Waals surface area contributed by atoms with Gasteiger partial charge in [0.2, 0.25) is 12.2 Å². The molecule has 3 N–H and O–H groups in total. The molecule has 0 bridgehead atoms. The summed E-state index contributed by atoms with van der Waals surface area (Å²) < 4.78 is 23.9. The zero-order chi connectivity index (χ0) is 27.1. The lowest BCUT2D eigenvalue weighted by atomic mass is 9.77. The molecule has 2 unspecified atom stereocenters. The fourth-order valence-corrected chi connectivity index (χ4v) is 5.34. The van der Waals surface area contributed by atoms with Crippen molar-refractivity contribution < 1.29 is 28.5 Å². The van der Waals surface area contributed by atoms with E-state index < -0.39 is 11.7 Å². The number of carbonyl (C=O) groups is 2. The second-order valence-corrected chi connectivity index (χ2v) is 9.73. The highest BCUT2D eigenvalue weighted by Gasteiger charge is 2.54. The molecule has 2 atom stereocenters. The van der Waals surface area contributed by atoms with Gasteiger partial charge in [0.1, 0.15) is 23.5 Å². The minimum absolute atomic E-state index is 0.117. The smallest absolute Gasteiger partial charge is 0.319 e. The summed E-state index contributed by atoms with van der Waals surface area (Å²) in [5.74, 6) is 2.78. The Bertz CT molecular complexity index is 1620. The average Bonchev–Trinajstić information content (AvgIpc) is 3.63. The average molecular weight is 536 g/mol. The number of rotatable bonds is 6. The van der Waals surface area contributed by atoms with Gasteiger partial charge in [0.15, 0.2) is 17.2 Å². The third-order valence-corrected chi connectivity index (χ3v) is 7.26. The van der Waals surface area contributed by atoms with Crippen molar-refractivity contribution in [2.75, 3.05) is 23.8 Å². The van der Waals surface area contributed by atoms with E-state index in [4.69, 9.17) is 18.9 Å². The van der Waals surface area contributed by atoms with Gasteiger partial charge in [0, 0.05) is 30.3 Å². The van der Waals surface area contributed by atoms with E-state index in [1.54, 1.807) is 18.2 Å². The standard InChI is InChI=1S/C31H25N3O6/c35-29-31(20-10-4-5-11-22(20)33-29)18-37-25-17-27-26(16-21(25)31)39-28(40-27)14-15-32-30(36)34-23-12-6-7-13-24(23)38-19-8-2-1-3-9-19/h1-13,16-17,28H,14-15,18H2,(H,33,35)(H2,32,34,36). The van der Waals surface area contributed by atoms with E-state index in [0.29, 0.717) is 47.4 Å². The molecule has 9 nitrogen and oxygen atoms in total. The van der Waals surface area contributed by atoms with E-state index in [1.807, 2.05) is 72.8 Å². The van der Waals surface area contributed by atoms with Crippen LogP contribution in [-0.2, 0) is 10.2 Å². The molecular formula is C31H25N3O6. The van der Waals surface area contributed by atoms with Crippen molar-refractivity contribution in [3.63, 3.8) is 0 Å². The van der Waals surface area contributed by atoms with Crippen LogP contribution < -0.4 is 34.9 Å². The van der Waals surface area contributed by atoms with E-state index in [9.17, 15) is 9.59 Å². The fourth-order valence-electron chi connectivity index (χ4n) is 5.34. The number of amides is 3. The molecule has 0 saturated carbocycles. The number of ether oxygens (including phenoxy) is 4. The lowest BCUT2D eigenvalue weighted by Gasteiger charge is -2.20. The highest BCUT2D eigenvalue weighted by atomic mass is 16.7. The maximum atomic E-state index is 13.1. The molecule has 9 heteroatoms. The lowest BCUT2D eigenvalue weighted by molar-refractivity contribution is -0.119. The molecule has 200 valence electrons. The summed E-state index contributed by atoms with van der Waals surface area (Å²) in [6, 6.07) is 27.5. The van der Waals surface area contributed by atoms with Crippen molar-refractivity contribution in [3.8, 4) is 28.7 Å².